The summed E-state index contributed by atoms with van der Waals surface area (Å²) in [4.78, 5) is 16.3. The first-order valence-corrected chi connectivity index (χ1v) is 6.64. The van der Waals surface area contributed by atoms with Gasteiger partial charge in [-0.1, -0.05) is 13.8 Å². The number of hydrogen-bond acceptors (Lipinski definition) is 4. The third-order valence-electron chi connectivity index (χ3n) is 3.24. The van der Waals surface area contributed by atoms with E-state index in [1.54, 1.807) is 17.0 Å². The molecule has 3 N–H and O–H groups in total. The highest BCUT2D eigenvalue weighted by atomic mass is 16.1. The van der Waals surface area contributed by atoms with Gasteiger partial charge in [-0.05, 0) is 24.7 Å². The smallest absolute Gasteiger partial charge is 0.293 e. The normalized spacial score (nSPS) is 16.9. The molecule has 0 bridgehead atoms. The molecule has 0 aliphatic heterocycles. The van der Waals surface area contributed by atoms with Crippen molar-refractivity contribution in [2.24, 2.45) is 17.6 Å². The van der Waals surface area contributed by atoms with Crippen molar-refractivity contribution in [2.75, 3.05) is 11.9 Å². The summed E-state index contributed by atoms with van der Waals surface area (Å²) in [6.07, 6.45) is 5.80. The molecule has 1 saturated carbocycles. The highest BCUT2D eigenvalue weighted by Crippen LogP contribution is 2.33. The average Bonchev–Trinajstić information content (AvgIpc) is 3.14. The van der Waals surface area contributed by atoms with Gasteiger partial charge in [-0.15, -0.1) is 0 Å². The molecule has 1 aliphatic rings. The van der Waals surface area contributed by atoms with Crippen molar-refractivity contribution >= 4 is 5.82 Å². The fourth-order valence-electron chi connectivity index (χ4n) is 2.13. The molecule has 1 aliphatic carbocycles. The van der Waals surface area contributed by atoms with Gasteiger partial charge in [0.05, 0.1) is 0 Å². The van der Waals surface area contributed by atoms with Crippen LogP contribution in [0.15, 0.2) is 17.2 Å². The summed E-state index contributed by atoms with van der Waals surface area (Å²) in [5.41, 5.74) is 5.68. The van der Waals surface area contributed by atoms with Crippen LogP contribution in [-0.2, 0) is 6.54 Å². The second kappa shape index (κ2) is 5.52. The van der Waals surface area contributed by atoms with Gasteiger partial charge in [0, 0.05) is 31.5 Å². The maximum absolute atomic E-state index is 12.2. The van der Waals surface area contributed by atoms with Crippen molar-refractivity contribution in [3.63, 3.8) is 0 Å². The summed E-state index contributed by atoms with van der Waals surface area (Å²) in [6.45, 7) is 5.44. The highest BCUT2D eigenvalue weighted by molar-refractivity contribution is 5.33. The number of anilines is 1. The minimum absolute atomic E-state index is 0.0506. The van der Waals surface area contributed by atoms with Crippen LogP contribution in [0, 0.1) is 11.8 Å². The van der Waals surface area contributed by atoms with Crippen LogP contribution in [-0.4, -0.2) is 22.1 Å². The number of rotatable bonds is 6. The van der Waals surface area contributed by atoms with Crippen molar-refractivity contribution in [3.8, 4) is 0 Å². The summed E-state index contributed by atoms with van der Waals surface area (Å²) >= 11 is 0. The standard InChI is InChI=1S/C13H22N4O/c1-9(2)8-17-6-5-15-12(13(17)18)16-11(7-14)10-3-4-10/h5-6,9-11H,3-4,7-8,14H2,1-2H3,(H,15,16). The van der Waals surface area contributed by atoms with Crippen LogP contribution >= 0.6 is 0 Å². The molecule has 0 spiro atoms. The number of nitrogens with two attached hydrogens (primary N) is 1. The monoisotopic (exact) mass is 250 g/mol. The second-order valence-corrected chi connectivity index (χ2v) is 5.45. The van der Waals surface area contributed by atoms with Crippen molar-refractivity contribution in [3.05, 3.63) is 22.7 Å². The number of hydrogen-bond donors (Lipinski definition) is 2. The van der Waals surface area contributed by atoms with Gasteiger partial charge in [-0.25, -0.2) is 4.98 Å². The van der Waals surface area contributed by atoms with Crippen molar-refractivity contribution in [2.45, 2.75) is 39.3 Å². The third kappa shape index (κ3) is 3.10. The minimum Gasteiger partial charge on any atom is -0.361 e. The molecule has 1 heterocycles. The van der Waals surface area contributed by atoms with E-state index in [-0.39, 0.29) is 11.6 Å². The molecular weight excluding hydrogens is 228 g/mol. The van der Waals surface area contributed by atoms with E-state index in [1.165, 1.54) is 12.8 Å². The van der Waals surface area contributed by atoms with Gasteiger partial charge in [0.25, 0.3) is 5.56 Å². The molecule has 0 saturated heterocycles. The van der Waals surface area contributed by atoms with Crippen LogP contribution in [0.1, 0.15) is 26.7 Å². The first-order valence-electron chi connectivity index (χ1n) is 6.64. The van der Waals surface area contributed by atoms with Crippen LogP contribution in [0.3, 0.4) is 0 Å². The van der Waals surface area contributed by atoms with Gasteiger partial charge in [0.1, 0.15) is 0 Å². The number of nitrogens with zero attached hydrogens (tertiary/aromatic N) is 2. The Kier molecular flexibility index (Phi) is 4.01. The molecule has 1 fully saturated rings. The van der Waals surface area contributed by atoms with Crippen LogP contribution in [0.4, 0.5) is 5.82 Å². The molecule has 18 heavy (non-hydrogen) atoms. The van der Waals surface area contributed by atoms with E-state index >= 15 is 0 Å². The van der Waals surface area contributed by atoms with E-state index in [0.29, 0.717) is 30.7 Å². The van der Waals surface area contributed by atoms with Crippen LogP contribution in [0.25, 0.3) is 0 Å². The predicted octanol–water partition coefficient (Wildman–Crippen LogP) is 1.05. The number of nitrogens with one attached hydrogen (secondary N) is 1. The van der Waals surface area contributed by atoms with E-state index in [1.807, 2.05) is 0 Å². The minimum atomic E-state index is -0.0506. The lowest BCUT2D eigenvalue weighted by molar-refractivity contribution is 0.508. The Morgan fingerprint density at radius 1 is 1.56 bits per heavy atom. The Hall–Kier alpha value is -1.36. The summed E-state index contributed by atoms with van der Waals surface area (Å²) < 4.78 is 1.71. The van der Waals surface area contributed by atoms with Gasteiger partial charge >= 0.3 is 0 Å². The maximum atomic E-state index is 12.2. The molecule has 0 aromatic carbocycles. The van der Waals surface area contributed by atoms with Crippen LogP contribution in [0.5, 0.6) is 0 Å². The number of aromatic nitrogens is 2. The lowest BCUT2D eigenvalue weighted by Gasteiger charge is -2.17. The van der Waals surface area contributed by atoms with Gasteiger partial charge in [0.15, 0.2) is 5.82 Å². The Morgan fingerprint density at radius 2 is 2.28 bits per heavy atom. The lowest BCUT2D eigenvalue weighted by Crippen LogP contribution is -2.35. The highest BCUT2D eigenvalue weighted by Gasteiger charge is 2.30. The quantitative estimate of drug-likeness (QED) is 0.791. The molecule has 1 aromatic heterocycles. The van der Waals surface area contributed by atoms with Crippen molar-refractivity contribution in [1.82, 2.24) is 9.55 Å². The van der Waals surface area contributed by atoms with E-state index in [2.05, 4.69) is 24.1 Å². The summed E-state index contributed by atoms with van der Waals surface area (Å²) in [5, 5.41) is 3.20. The Bertz CT molecular complexity index is 451. The molecule has 1 unspecified atom stereocenters. The molecule has 1 atom stereocenters. The van der Waals surface area contributed by atoms with Crippen molar-refractivity contribution in [1.29, 1.82) is 0 Å². The van der Waals surface area contributed by atoms with Gasteiger partial charge in [0.2, 0.25) is 0 Å². The fourth-order valence-corrected chi connectivity index (χ4v) is 2.13. The third-order valence-corrected chi connectivity index (χ3v) is 3.24. The molecule has 100 valence electrons. The second-order valence-electron chi connectivity index (χ2n) is 5.45. The van der Waals surface area contributed by atoms with E-state index in [9.17, 15) is 4.79 Å². The zero-order valence-electron chi connectivity index (χ0n) is 11.1. The lowest BCUT2D eigenvalue weighted by atomic mass is 10.2. The van der Waals surface area contributed by atoms with Gasteiger partial charge in [-0.3, -0.25) is 4.79 Å². The average molecular weight is 250 g/mol. The predicted molar refractivity (Wildman–Crippen MR) is 72.5 cm³/mol. The molecule has 0 amide bonds. The van der Waals surface area contributed by atoms with Crippen LogP contribution in [0.2, 0.25) is 0 Å². The Morgan fingerprint density at radius 3 is 2.83 bits per heavy atom. The van der Waals surface area contributed by atoms with E-state index in [4.69, 9.17) is 5.73 Å². The van der Waals surface area contributed by atoms with Gasteiger partial charge in [-0.2, -0.15) is 0 Å². The molecule has 5 nitrogen and oxygen atoms in total. The topological polar surface area (TPSA) is 72.9 Å². The largest absolute Gasteiger partial charge is 0.361 e. The van der Waals surface area contributed by atoms with Crippen LogP contribution < -0.4 is 16.6 Å². The van der Waals surface area contributed by atoms with E-state index < -0.39 is 0 Å². The first kappa shape index (κ1) is 13.1. The first-order chi connectivity index (χ1) is 8.61. The Balaban J connectivity index is 2.14. The zero-order chi connectivity index (χ0) is 13.1. The zero-order valence-corrected chi connectivity index (χ0v) is 11.1. The summed E-state index contributed by atoms with van der Waals surface area (Å²) in [6, 6.07) is 0.181. The van der Waals surface area contributed by atoms with Gasteiger partial charge < -0.3 is 15.6 Å². The van der Waals surface area contributed by atoms with E-state index in [0.717, 1.165) is 0 Å². The fraction of sp³-hybridized carbons (Fsp3) is 0.692. The molecular formula is C13H22N4O. The summed E-state index contributed by atoms with van der Waals surface area (Å²) in [5.74, 6) is 1.47. The molecule has 2 rings (SSSR count). The molecule has 1 aromatic rings. The SMILES string of the molecule is CC(C)Cn1ccnc(NC(CN)C2CC2)c1=O. The molecule has 0 radical (unpaired) electrons. The summed E-state index contributed by atoms with van der Waals surface area (Å²) in [7, 11) is 0. The maximum Gasteiger partial charge on any atom is 0.293 e. The molecule has 5 heteroatoms. The van der Waals surface area contributed by atoms with Crippen molar-refractivity contribution < 1.29 is 0 Å². The Labute approximate surface area is 107 Å².